The molecule has 0 saturated heterocycles. The van der Waals surface area contributed by atoms with E-state index in [2.05, 4.69) is 46.1 Å². The van der Waals surface area contributed by atoms with Crippen molar-refractivity contribution >= 4 is 5.95 Å². The topological polar surface area (TPSA) is 64.7 Å². The Bertz CT molecular complexity index is 593. The minimum absolute atomic E-state index is 0.0667. The fraction of sp³-hybridized carbons (Fsp3) is 0.438. The van der Waals surface area contributed by atoms with Crippen LogP contribution in [0.3, 0.4) is 0 Å². The van der Waals surface area contributed by atoms with Crippen LogP contribution in [0.4, 0.5) is 10.3 Å². The van der Waals surface area contributed by atoms with Crippen molar-refractivity contribution in [3.05, 3.63) is 47.0 Å². The third kappa shape index (κ3) is 3.97. The number of nitrogen functional groups attached to an aromatic ring is 1. The number of aromatic nitrogens is 3. The quantitative estimate of drug-likeness (QED) is 0.871. The molecule has 0 bridgehead atoms. The number of rotatable bonds is 1. The van der Waals surface area contributed by atoms with Crippen molar-refractivity contribution in [1.82, 2.24) is 15.0 Å². The van der Waals surface area contributed by atoms with E-state index in [0.717, 1.165) is 5.92 Å². The van der Waals surface area contributed by atoms with Crippen molar-refractivity contribution in [2.75, 3.05) is 5.73 Å². The van der Waals surface area contributed by atoms with Gasteiger partial charge in [-0.1, -0.05) is 31.2 Å². The predicted molar refractivity (Wildman–Crippen MR) is 81.7 cm³/mol. The SMILES string of the molecule is CC1CCc2ccccc21.Cc1nc(N)nc(C(C)F)n1. The number of anilines is 1. The third-order valence-corrected chi connectivity index (χ3v) is 3.57. The van der Waals surface area contributed by atoms with E-state index >= 15 is 0 Å². The second-order valence-corrected chi connectivity index (χ2v) is 5.35. The zero-order valence-corrected chi connectivity index (χ0v) is 12.7. The maximum Gasteiger partial charge on any atom is 0.223 e. The Balaban J connectivity index is 0.000000154. The molecule has 1 aromatic carbocycles. The van der Waals surface area contributed by atoms with Gasteiger partial charge in [-0.25, -0.2) is 9.37 Å². The van der Waals surface area contributed by atoms with Crippen molar-refractivity contribution < 1.29 is 4.39 Å². The van der Waals surface area contributed by atoms with Crippen LogP contribution in [0, 0.1) is 6.92 Å². The number of halogens is 1. The summed E-state index contributed by atoms with van der Waals surface area (Å²) in [5, 5.41) is 0. The van der Waals surface area contributed by atoms with Gasteiger partial charge in [0, 0.05) is 0 Å². The van der Waals surface area contributed by atoms with Crippen molar-refractivity contribution in [2.45, 2.75) is 45.7 Å². The maximum absolute atomic E-state index is 12.6. The number of nitrogens with zero attached hydrogens (tertiary/aromatic N) is 3. The molecule has 0 fully saturated rings. The molecule has 0 spiro atoms. The number of nitrogens with two attached hydrogens (primary N) is 1. The molecule has 1 aliphatic rings. The first-order valence-electron chi connectivity index (χ1n) is 7.17. The van der Waals surface area contributed by atoms with Gasteiger partial charge in [-0.15, -0.1) is 0 Å². The first-order chi connectivity index (χ1) is 9.97. The molecule has 5 heteroatoms. The first kappa shape index (κ1) is 15.4. The summed E-state index contributed by atoms with van der Waals surface area (Å²) in [5.74, 6) is 1.40. The number of fused-ring (bicyclic) bond motifs is 1. The molecule has 112 valence electrons. The lowest BCUT2D eigenvalue weighted by atomic mass is 10.0. The minimum atomic E-state index is -1.20. The Morgan fingerprint density at radius 2 is 1.95 bits per heavy atom. The van der Waals surface area contributed by atoms with Crippen molar-refractivity contribution in [3.8, 4) is 0 Å². The van der Waals surface area contributed by atoms with Gasteiger partial charge < -0.3 is 5.73 Å². The van der Waals surface area contributed by atoms with Crippen molar-refractivity contribution in [1.29, 1.82) is 0 Å². The lowest BCUT2D eigenvalue weighted by Gasteiger charge is -2.01. The molecule has 2 atom stereocenters. The maximum atomic E-state index is 12.6. The summed E-state index contributed by atoms with van der Waals surface area (Å²) in [6.07, 6.45) is 1.44. The van der Waals surface area contributed by atoms with Crippen LogP contribution in [0.15, 0.2) is 24.3 Å². The highest BCUT2D eigenvalue weighted by molar-refractivity contribution is 5.33. The Hall–Kier alpha value is -2.04. The highest BCUT2D eigenvalue weighted by atomic mass is 19.1. The van der Waals surface area contributed by atoms with Crippen molar-refractivity contribution in [3.63, 3.8) is 0 Å². The molecule has 2 unspecified atom stereocenters. The van der Waals surface area contributed by atoms with E-state index in [-0.39, 0.29) is 11.8 Å². The number of hydrogen-bond acceptors (Lipinski definition) is 4. The molecular weight excluding hydrogens is 267 g/mol. The Morgan fingerprint density at radius 1 is 1.24 bits per heavy atom. The molecule has 2 N–H and O–H groups in total. The lowest BCUT2D eigenvalue weighted by Crippen LogP contribution is -2.05. The number of alkyl halides is 1. The van der Waals surface area contributed by atoms with Crippen LogP contribution in [-0.2, 0) is 6.42 Å². The predicted octanol–water partition coefficient (Wildman–Crippen LogP) is 3.53. The van der Waals surface area contributed by atoms with Gasteiger partial charge in [-0.3, -0.25) is 0 Å². The summed E-state index contributed by atoms with van der Waals surface area (Å²) in [5.41, 5.74) is 8.40. The van der Waals surface area contributed by atoms with Crippen molar-refractivity contribution in [2.24, 2.45) is 0 Å². The van der Waals surface area contributed by atoms with Crippen LogP contribution in [0.1, 0.15) is 55.1 Å². The number of benzene rings is 1. The van der Waals surface area contributed by atoms with E-state index in [9.17, 15) is 4.39 Å². The molecule has 0 radical (unpaired) electrons. The second kappa shape index (κ2) is 6.61. The van der Waals surface area contributed by atoms with Gasteiger partial charge in [0.15, 0.2) is 12.0 Å². The van der Waals surface area contributed by atoms with Gasteiger partial charge in [-0.2, -0.15) is 9.97 Å². The molecule has 2 aromatic rings. The molecule has 0 aliphatic heterocycles. The number of hydrogen-bond donors (Lipinski definition) is 1. The van der Waals surface area contributed by atoms with Crippen LogP contribution in [0.2, 0.25) is 0 Å². The Labute approximate surface area is 124 Å². The first-order valence-corrected chi connectivity index (χ1v) is 7.17. The normalized spacial score (nSPS) is 17.6. The zero-order valence-electron chi connectivity index (χ0n) is 12.7. The van der Waals surface area contributed by atoms with Crippen LogP contribution in [-0.4, -0.2) is 15.0 Å². The fourth-order valence-corrected chi connectivity index (χ4v) is 2.47. The van der Waals surface area contributed by atoms with Crippen LogP contribution in [0.25, 0.3) is 0 Å². The third-order valence-electron chi connectivity index (χ3n) is 3.57. The average Bonchev–Trinajstić information content (AvgIpc) is 2.81. The highest BCUT2D eigenvalue weighted by Gasteiger charge is 2.16. The molecule has 1 heterocycles. The minimum Gasteiger partial charge on any atom is -0.368 e. The molecule has 3 rings (SSSR count). The average molecular weight is 288 g/mol. The summed E-state index contributed by atoms with van der Waals surface area (Å²) < 4.78 is 12.6. The molecular formula is C16H21FN4. The number of aryl methyl sites for hydroxylation is 2. The second-order valence-electron chi connectivity index (χ2n) is 5.35. The van der Waals surface area contributed by atoms with Gasteiger partial charge in [0.2, 0.25) is 5.95 Å². The van der Waals surface area contributed by atoms with Crippen LogP contribution in [0.5, 0.6) is 0 Å². The molecule has 21 heavy (non-hydrogen) atoms. The summed E-state index contributed by atoms with van der Waals surface area (Å²) in [4.78, 5) is 11.1. The van der Waals surface area contributed by atoms with Gasteiger partial charge in [0.25, 0.3) is 0 Å². The molecule has 1 aliphatic carbocycles. The van der Waals surface area contributed by atoms with E-state index in [1.165, 1.54) is 19.8 Å². The summed E-state index contributed by atoms with van der Waals surface area (Å²) >= 11 is 0. The van der Waals surface area contributed by atoms with Gasteiger partial charge in [0.05, 0.1) is 0 Å². The monoisotopic (exact) mass is 288 g/mol. The van der Waals surface area contributed by atoms with E-state index in [1.54, 1.807) is 18.1 Å². The van der Waals surface area contributed by atoms with Gasteiger partial charge in [0.1, 0.15) is 5.82 Å². The zero-order chi connectivity index (χ0) is 15.4. The van der Waals surface area contributed by atoms with Crippen LogP contribution >= 0.6 is 0 Å². The van der Waals surface area contributed by atoms with Gasteiger partial charge in [-0.05, 0) is 43.7 Å². The van der Waals surface area contributed by atoms with E-state index in [4.69, 9.17) is 5.73 Å². The highest BCUT2D eigenvalue weighted by Crippen LogP contribution is 2.31. The fourth-order valence-electron chi connectivity index (χ4n) is 2.47. The van der Waals surface area contributed by atoms with E-state index < -0.39 is 6.17 Å². The molecule has 4 nitrogen and oxygen atoms in total. The molecule has 0 amide bonds. The Morgan fingerprint density at radius 3 is 2.57 bits per heavy atom. The largest absolute Gasteiger partial charge is 0.368 e. The molecule has 1 aromatic heterocycles. The van der Waals surface area contributed by atoms with E-state index in [1.807, 2.05) is 0 Å². The summed E-state index contributed by atoms with van der Waals surface area (Å²) in [6.45, 7) is 5.31. The smallest absolute Gasteiger partial charge is 0.223 e. The standard InChI is InChI=1S/C10H12.C6H9FN4/c1-8-6-7-9-4-2-3-5-10(8)9;1-3(7)5-9-4(2)10-6(8)11-5/h2-5,8H,6-7H2,1H3;3H,1-2H3,(H2,8,9,10,11). The van der Waals surface area contributed by atoms with Gasteiger partial charge >= 0.3 is 0 Å². The lowest BCUT2D eigenvalue weighted by molar-refractivity contribution is 0.355. The molecule has 0 saturated carbocycles. The van der Waals surface area contributed by atoms with E-state index in [0.29, 0.717) is 5.82 Å². The Kier molecular flexibility index (Phi) is 4.83. The summed E-state index contributed by atoms with van der Waals surface area (Å²) in [7, 11) is 0. The van der Waals surface area contributed by atoms with Crippen LogP contribution < -0.4 is 5.73 Å². The summed E-state index contributed by atoms with van der Waals surface area (Å²) in [6, 6.07) is 8.78.